The molecule has 2 atom stereocenters. The van der Waals surface area contributed by atoms with Gasteiger partial charge in [-0.2, -0.15) is 0 Å². The Labute approximate surface area is 329 Å². The van der Waals surface area contributed by atoms with Crippen molar-refractivity contribution in [3.63, 3.8) is 0 Å². The van der Waals surface area contributed by atoms with Gasteiger partial charge in [-0.25, -0.2) is 19.6 Å². The summed E-state index contributed by atoms with van der Waals surface area (Å²) in [5, 5.41) is 3.45. The Bertz CT molecular complexity index is 1960. The monoisotopic (exact) mass is 786 g/mol. The number of carbonyl (C=O) groups excluding carboxylic acids is 4. The first-order chi connectivity index (χ1) is 26.6. The van der Waals surface area contributed by atoms with Gasteiger partial charge in [-0.15, -0.1) is 22.7 Å². The summed E-state index contributed by atoms with van der Waals surface area (Å²) in [6.07, 6.45) is 7.35. The number of benzene rings is 3. The number of carbonyl (C=O) groups is 4. The zero-order chi connectivity index (χ0) is 39.6. The Morgan fingerprint density at radius 1 is 0.582 bits per heavy atom. The standard InChI is InChI=1S/C22H29NO4S.C20H17NO5S/c1-4-5-6-7-8-9-10-17-11-13-18(14-12-17)27-16(2)20(24)21-23-19(15-28-21)22(25)26-3;1-13(18(22)19-21-17(12-27-19)20(23)24-2)25-15-8-10-16(11-9-15)26-14-6-4-3-5-7-14/h11-16H,4-10H2,1-3H3;3-13H,1-2H3. The summed E-state index contributed by atoms with van der Waals surface area (Å²) in [6.45, 7) is 5.55. The molecule has 55 heavy (non-hydrogen) atoms. The normalized spacial score (nSPS) is 11.7. The number of hydrogen-bond donors (Lipinski definition) is 0. The number of Topliss-reactive ketones (excluding diaryl/α,β-unsaturated/α-hetero) is 2. The van der Waals surface area contributed by atoms with E-state index in [-0.39, 0.29) is 33.0 Å². The number of methoxy groups -OCH3 is 2. The molecule has 3 aromatic carbocycles. The van der Waals surface area contributed by atoms with Crippen molar-refractivity contribution in [3.05, 3.63) is 117 Å². The predicted octanol–water partition coefficient (Wildman–Crippen LogP) is 9.86. The Balaban J connectivity index is 0.000000245. The fourth-order valence-electron chi connectivity index (χ4n) is 5.09. The van der Waals surface area contributed by atoms with Gasteiger partial charge in [0.05, 0.1) is 14.2 Å². The van der Waals surface area contributed by atoms with Gasteiger partial charge in [0.15, 0.2) is 33.6 Å². The lowest BCUT2D eigenvalue weighted by Crippen LogP contribution is -2.24. The number of hydrogen-bond acceptors (Lipinski definition) is 13. The van der Waals surface area contributed by atoms with Crippen molar-refractivity contribution < 1.29 is 42.9 Å². The molecule has 0 bridgehead atoms. The Hall–Kier alpha value is -5.40. The Morgan fingerprint density at radius 2 is 1.02 bits per heavy atom. The molecule has 0 radical (unpaired) electrons. The number of nitrogens with zero attached hydrogens (tertiary/aromatic N) is 2. The number of unbranched alkanes of at least 4 members (excludes halogenated alkanes) is 5. The SMILES string of the molecule is CCCCCCCCc1ccc(OC(C)C(=O)c2nc(C(=O)OC)cs2)cc1.COC(=O)c1csc(C(=O)C(C)Oc2ccc(Oc3ccccc3)cc2)n1. The van der Waals surface area contributed by atoms with Crippen LogP contribution in [0.2, 0.25) is 0 Å². The number of rotatable bonds is 19. The van der Waals surface area contributed by atoms with E-state index in [1.165, 1.54) is 69.1 Å². The molecule has 0 aliphatic carbocycles. The minimum Gasteiger partial charge on any atom is -0.482 e. The van der Waals surface area contributed by atoms with Crippen LogP contribution in [-0.2, 0) is 15.9 Å². The molecule has 0 aliphatic rings. The van der Waals surface area contributed by atoms with Gasteiger partial charge in [-0.3, -0.25) is 9.59 Å². The predicted molar refractivity (Wildman–Crippen MR) is 212 cm³/mol. The van der Waals surface area contributed by atoms with Crippen molar-refractivity contribution >= 4 is 46.2 Å². The molecular weight excluding hydrogens is 741 g/mol. The average Bonchev–Trinajstić information content (AvgIpc) is 3.92. The molecule has 0 spiro atoms. The molecule has 2 aromatic heterocycles. The maximum atomic E-state index is 12.5. The number of ketones is 2. The minimum atomic E-state index is -0.748. The number of ether oxygens (including phenoxy) is 5. The molecule has 0 saturated carbocycles. The summed E-state index contributed by atoms with van der Waals surface area (Å²) in [5.74, 6) is 0.891. The van der Waals surface area contributed by atoms with Crippen molar-refractivity contribution in [2.75, 3.05) is 14.2 Å². The molecule has 13 heteroatoms. The molecule has 290 valence electrons. The van der Waals surface area contributed by atoms with Crippen LogP contribution in [0.3, 0.4) is 0 Å². The number of thiazole rings is 2. The molecule has 2 heterocycles. The van der Waals surface area contributed by atoms with Crippen LogP contribution in [0, 0.1) is 0 Å². The van der Waals surface area contributed by atoms with Crippen LogP contribution >= 0.6 is 22.7 Å². The molecule has 2 unspecified atom stereocenters. The lowest BCUT2D eigenvalue weighted by atomic mass is 10.0. The quantitative estimate of drug-likeness (QED) is 0.0449. The van der Waals surface area contributed by atoms with Crippen LogP contribution in [-0.4, -0.2) is 59.9 Å². The lowest BCUT2D eigenvalue weighted by Gasteiger charge is -2.13. The van der Waals surface area contributed by atoms with Crippen LogP contribution in [0.5, 0.6) is 23.0 Å². The zero-order valence-corrected chi connectivity index (χ0v) is 33.3. The largest absolute Gasteiger partial charge is 0.482 e. The van der Waals surface area contributed by atoms with E-state index in [1.807, 2.05) is 42.5 Å². The van der Waals surface area contributed by atoms with Gasteiger partial charge in [0.1, 0.15) is 23.0 Å². The molecule has 0 N–H and O–H groups in total. The third-order valence-corrected chi connectivity index (χ3v) is 9.84. The summed E-state index contributed by atoms with van der Waals surface area (Å²) < 4.78 is 26.3. The maximum Gasteiger partial charge on any atom is 0.357 e. The van der Waals surface area contributed by atoms with Crippen molar-refractivity contribution in [2.45, 2.75) is 77.9 Å². The van der Waals surface area contributed by atoms with E-state index in [2.05, 4.69) is 38.5 Å². The highest BCUT2D eigenvalue weighted by Gasteiger charge is 2.23. The summed E-state index contributed by atoms with van der Waals surface area (Å²) >= 11 is 2.20. The van der Waals surface area contributed by atoms with Crippen LogP contribution in [0.15, 0.2) is 89.6 Å². The molecular formula is C42H46N2O9S2. The van der Waals surface area contributed by atoms with E-state index in [9.17, 15) is 19.2 Å². The van der Waals surface area contributed by atoms with Gasteiger partial charge in [-0.05, 0) is 80.8 Å². The first kappa shape index (κ1) is 42.3. The third-order valence-electron chi connectivity index (χ3n) is 8.13. The summed E-state index contributed by atoms with van der Waals surface area (Å²) in [4.78, 5) is 55.8. The van der Waals surface area contributed by atoms with Crippen molar-refractivity contribution in [1.82, 2.24) is 9.97 Å². The van der Waals surface area contributed by atoms with E-state index in [4.69, 9.17) is 14.2 Å². The van der Waals surface area contributed by atoms with Gasteiger partial charge < -0.3 is 23.7 Å². The zero-order valence-electron chi connectivity index (χ0n) is 31.6. The van der Waals surface area contributed by atoms with Crippen LogP contribution in [0.1, 0.15) is 105 Å². The van der Waals surface area contributed by atoms with Crippen LogP contribution in [0.4, 0.5) is 0 Å². The second-order valence-electron chi connectivity index (χ2n) is 12.4. The van der Waals surface area contributed by atoms with Crippen LogP contribution in [0.25, 0.3) is 0 Å². The number of esters is 2. The molecule has 11 nitrogen and oxygen atoms in total. The Kier molecular flexibility index (Phi) is 17.0. The lowest BCUT2D eigenvalue weighted by molar-refractivity contribution is 0.0585. The molecule has 0 amide bonds. The molecule has 0 aliphatic heterocycles. The van der Waals surface area contributed by atoms with E-state index in [1.54, 1.807) is 38.1 Å². The highest BCUT2D eigenvalue weighted by Crippen LogP contribution is 2.25. The van der Waals surface area contributed by atoms with Gasteiger partial charge in [-0.1, -0.05) is 69.4 Å². The fourth-order valence-corrected chi connectivity index (χ4v) is 6.70. The van der Waals surface area contributed by atoms with E-state index in [0.717, 1.165) is 34.8 Å². The fraction of sp³-hybridized carbons (Fsp3) is 0.333. The summed E-state index contributed by atoms with van der Waals surface area (Å²) in [5.41, 5.74) is 1.53. The molecule has 0 fully saturated rings. The Morgan fingerprint density at radius 3 is 1.51 bits per heavy atom. The minimum absolute atomic E-state index is 0.112. The van der Waals surface area contributed by atoms with Gasteiger partial charge in [0, 0.05) is 10.8 Å². The second kappa shape index (κ2) is 22.1. The topological polar surface area (TPSA) is 140 Å². The first-order valence-electron chi connectivity index (χ1n) is 18.0. The van der Waals surface area contributed by atoms with E-state index >= 15 is 0 Å². The number of aromatic nitrogens is 2. The molecule has 5 rings (SSSR count). The van der Waals surface area contributed by atoms with Crippen LogP contribution < -0.4 is 14.2 Å². The number of aryl methyl sites for hydroxylation is 1. The highest BCUT2D eigenvalue weighted by molar-refractivity contribution is 7.12. The smallest absolute Gasteiger partial charge is 0.357 e. The van der Waals surface area contributed by atoms with Crippen molar-refractivity contribution in [3.8, 4) is 23.0 Å². The average molecular weight is 787 g/mol. The highest BCUT2D eigenvalue weighted by atomic mass is 32.1. The summed E-state index contributed by atoms with van der Waals surface area (Å²) in [7, 11) is 2.55. The maximum absolute atomic E-state index is 12.5. The second-order valence-corrected chi connectivity index (χ2v) is 14.1. The van der Waals surface area contributed by atoms with E-state index in [0.29, 0.717) is 17.2 Å². The van der Waals surface area contributed by atoms with Gasteiger partial charge in [0.25, 0.3) is 0 Å². The summed E-state index contributed by atoms with van der Waals surface area (Å²) in [6, 6.07) is 24.3. The molecule has 0 saturated heterocycles. The van der Waals surface area contributed by atoms with Gasteiger partial charge in [0.2, 0.25) is 11.6 Å². The van der Waals surface area contributed by atoms with E-state index < -0.39 is 24.1 Å². The third kappa shape index (κ3) is 13.4. The first-order valence-corrected chi connectivity index (χ1v) is 19.8. The number of para-hydroxylation sites is 1. The molecule has 5 aromatic rings. The van der Waals surface area contributed by atoms with Gasteiger partial charge >= 0.3 is 11.9 Å². The van der Waals surface area contributed by atoms with Crippen molar-refractivity contribution in [1.29, 1.82) is 0 Å². The van der Waals surface area contributed by atoms with Crippen molar-refractivity contribution in [2.24, 2.45) is 0 Å².